The smallest absolute Gasteiger partial charge is 0.0964 e. The Morgan fingerprint density at radius 3 is 3.12 bits per heavy atom. The molecule has 6 nitrogen and oxygen atoms in total. The number of hydrogen-bond acceptors (Lipinski definition) is 5. The summed E-state index contributed by atoms with van der Waals surface area (Å²) in [6.07, 6.45) is 3.66. The number of aliphatic hydroxyl groups is 1. The van der Waals surface area contributed by atoms with Crippen molar-refractivity contribution in [3.8, 4) is 0 Å². The first-order valence-electron chi connectivity index (χ1n) is 5.56. The molecule has 0 fully saturated rings. The molecule has 0 saturated carbocycles. The number of hydrogen-bond donors (Lipinski definition) is 2. The Bertz CT molecular complexity index is 278. The first kappa shape index (κ1) is 13.1. The highest BCUT2D eigenvalue weighted by Gasteiger charge is 1.99. The summed E-state index contributed by atoms with van der Waals surface area (Å²) in [5.74, 6) is 0. The zero-order chi connectivity index (χ0) is 11.6. The van der Waals surface area contributed by atoms with E-state index in [-0.39, 0.29) is 6.61 Å². The van der Waals surface area contributed by atoms with Crippen LogP contribution in [0.4, 0.5) is 0 Å². The third-order valence-electron chi connectivity index (χ3n) is 2.17. The van der Waals surface area contributed by atoms with Gasteiger partial charge in [-0.05, 0) is 12.8 Å². The molecule has 0 saturated heterocycles. The minimum atomic E-state index is 0.236. The van der Waals surface area contributed by atoms with E-state index in [1.807, 2.05) is 10.9 Å². The van der Waals surface area contributed by atoms with Crippen LogP contribution in [0.3, 0.4) is 0 Å². The van der Waals surface area contributed by atoms with Crippen molar-refractivity contribution in [2.75, 3.05) is 26.9 Å². The molecule has 92 valence electrons. The van der Waals surface area contributed by atoms with Gasteiger partial charge in [-0.15, -0.1) is 5.10 Å². The van der Waals surface area contributed by atoms with Crippen molar-refractivity contribution in [1.82, 2.24) is 20.3 Å². The second-order valence-corrected chi connectivity index (χ2v) is 3.57. The summed E-state index contributed by atoms with van der Waals surface area (Å²) < 4.78 is 6.73. The number of aryl methyl sites for hydroxylation is 1. The monoisotopic (exact) mass is 228 g/mol. The number of nitrogens with one attached hydrogen (secondary N) is 1. The molecule has 0 radical (unpaired) electrons. The van der Waals surface area contributed by atoms with Gasteiger partial charge in [-0.2, -0.15) is 0 Å². The maximum absolute atomic E-state index is 8.65. The molecule has 0 aliphatic heterocycles. The van der Waals surface area contributed by atoms with E-state index in [2.05, 4.69) is 15.6 Å². The standard InChI is InChI=1S/C10H20N4O2/c1-16-7-4-11-8-10-9-14(13-12-10)5-2-3-6-15/h9,11,15H,2-8H2,1H3. The highest BCUT2D eigenvalue weighted by Crippen LogP contribution is 1.96. The highest BCUT2D eigenvalue weighted by molar-refractivity contribution is 4.91. The van der Waals surface area contributed by atoms with Gasteiger partial charge in [0.15, 0.2) is 0 Å². The van der Waals surface area contributed by atoms with Crippen LogP contribution in [0.2, 0.25) is 0 Å². The van der Waals surface area contributed by atoms with E-state index >= 15 is 0 Å². The lowest BCUT2D eigenvalue weighted by Gasteiger charge is -2.00. The van der Waals surface area contributed by atoms with Crippen molar-refractivity contribution in [2.24, 2.45) is 0 Å². The van der Waals surface area contributed by atoms with E-state index in [1.165, 1.54) is 0 Å². The van der Waals surface area contributed by atoms with E-state index < -0.39 is 0 Å². The summed E-state index contributed by atoms with van der Waals surface area (Å²) in [6.45, 7) is 3.27. The number of aromatic nitrogens is 3. The molecular formula is C10H20N4O2. The first-order valence-corrected chi connectivity index (χ1v) is 5.56. The van der Waals surface area contributed by atoms with Gasteiger partial charge >= 0.3 is 0 Å². The van der Waals surface area contributed by atoms with Crippen LogP contribution in [0.5, 0.6) is 0 Å². The van der Waals surface area contributed by atoms with E-state index in [0.29, 0.717) is 13.2 Å². The largest absolute Gasteiger partial charge is 0.396 e. The maximum Gasteiger partial charge on any atom is 0.0964 e. The fourth-order valence-corrected chi connectivity index (χ4v) is 1.31. The van der Waals surface area contributed by atoms with Gasteiger partial charge in [-0.25, -0.2) is 0 Å². The molecule has 0 atom stereocenters. The molecule has 1 aromatic rings. The maximum atomic E-state index is 8.65. The third-order valence-corrected chi connectivity index (χ3v) is 2.17. The lowest BCUT2D eigenvalue weighted by atomic mass is 10.3. The number of methoxy groups -OCH3 is 1. The summed E-state index contributed by atoms with van der Waals surface area (Å²) in [5, 5.41) is 19.9. The van der Waals surface area contributed by atoms with Crippen LogP contribution in [-0.4, -0.2) is 47.0 Å². The Hall–Kier alpha value is -0.980. The molecular weight excluding hydrogens is 208 g/mol. The van der Waals surface area contributed by atoms with Crippen LogP contribution in [0, 0.1) is 0 Å². The van der Waals surface area contributed by atoms with Crippen LogP contribution in [-0.2, 0) is 17.8 Å². The van der Waals surface area contributed by atoms with Gasteiger partial charge in [0, 0.05) is 39.5 Å². The number of unbranched alkanes of at least 4 members (excludes halogenated alkanes) is 1. The second kappa shape index (κ2) is 8.20. The van der Waals surface area contributed by atoms with Crippen molar-refractivity contribution in [3.63, 3.8) is 0 Å². The van der Waals surface area contributed by atoms with Crippen molar-refractivity contribution in [1.29, 1.82) is 0 Å². The normalized spacial score (nSPS) is 10.9. The zero-order valence-electron chi connectivity index (χ0n) is 9.72. The molecule has 0 unspecified atom stereocenters. The van der Waals surface area contributed by atoms with Gasteiger partial charge in [0.05, 0.1) is 12.3 Å². The van der Waals surface area contributed by atoms with Crippen LogP contribution < -0.4 is 5.32 Å². The molecule has 6 heteroatoms. The van der Waals surface area contributed by atoms with Crippen LogP contribution in [0.15, 0.2) is 6.20 Å². The molecule has 0 amide bonds. The van der Waals surface area contributed by atoms with Crippen LogP contribution >= 0.6 is 0 Å². The van der Waals surface area contributed by atoms with Crippen molar-refractivity contribution >= 4 is 0 Å². The van der Waals surface area contributed by atoms with E-state index in [4.69, 9.17) is 9.84 Å². The quantitative estimate of drug-likeness (QED) is 0.572. The van der Waals surface area contributed by atoms with Gasteiger partial charge in [0.25, 0.3) is 0 Å². The SMILES string of the molecule is COCCNCc1cn(CCCCO)nn1. The minimum Gasteiger partial charge on any atom is -0.396 e. The lowest BCUT2D eigenvalue weighted by Crippen LogP contribution is -2.18. The van der Waals surface area contributed by atoms with E-state index in [1.54, 1.807) is 7.11 Å². The second-order valence-electron chi connectivity index (χ2n) is 3.57. The number of rotatable bonds is 9. The fourth-order valence-electron chi connectivity index (χ4n) is 1.31. The predicted molar refractivity (Wildman–Crippen MR) is 59.9 cm³/mol. The summed E-state index contributed by atoms with van der Waals surface area (Å²) in [5.41, 5.74) is 0.931. The van der Waals surface area contributed by atoms with Crippen molar-refractivity contribution in [2.45, 2.75) is 25.9 Å². The molecule has 0 spiro atoms. The molecule has 16 heavy (non-hydrogen) atoms. The molecule has 0 bridgehead atoms. The molecule has 1 aromatic heterocycles. The molecule has 1 heterocycles. The first-order chi connectivity index (χ1) is 7.86. The fraction of sp³-hybridized carbons (Fsp3) is 0.800. The molecule has 2 N–H and O–H groups in total. The van der Waals surface area contributed by atoms with Crippen LogP contribution in [0.25, 0.3) is 0 Å². The van der Waals surface area contributed by atoms with E-state index in [0.717, 1.165) is 31.6 Å². The van der Waals surface area contributed by atoms with Gasteiger partial charge in [-0.1, -0.05) is 5.21 Å². The third kappa shape index (κ3) is 5.20. The van der Waals surface area contributed by atoms with Gasteiger partial charge in [0.2, 0.25) is 0 Å². The van der Waals surface area contributed by atoms with Crippen molar-refractivity contribution in [3.05, 3.63) is 11.9 Å². The lowest BCUT2D eigenvalue weighted by molar-refractivity contribution is 0.199. The van der Waals surface area contributed by atoms with Crippen molar-refractivity contribution < 1.29 is 9.84 Å². The summed E-state index contributed by atoms with van der Waals surface area (Å²) in [4.78, 5) is 0. The summed E-state index contributed by atoms with van der Waals surface area (Å²) in [6, 6.07) is 0. The Kier molecular flexibility index (Phi) is 6.71. The Labute approximate surface area is 95.6 Å². The average molecular weight is 228 g/mol. The summed E-state index contributed by atoms with van der Waals surface area (Å²) in [7, 11) is 1.68. The van der Waals surface area contributed by atoms with Crippen LogP contribution in [0.1, 0.15) is 18.5 Å². The molecule has 1 rings (SSSR count). The number of nitrogens with zero attached hydrogens (tertiary/aromatic N) is 3. The van der Waals surface area contributed by atoms with E-state index in [9.17, 15) is 0 Å². The molecule has 0 aliphatic carbocycles. The molecule has 0 aliphatic rings. The predicted octanol–water partition coefficient (Wildman–Crippen LogP) is -0.213. The Morgan fingerprint density at radius 2 is 2.38 bits per heavy atom. The number of aliphatic hydroxyl groups excluding tert-OH is 1. The Balaban J connectivity index is 2.17. The summed E-state index contributed by atoms with van der Waals surface area (Å²) >= 11 is 0. The van der Waals surface area contributed by atoms with Gasteiger partial charge < -0.3 is 15.2 Å². The topological polar surface area (TPSA) is 72.2 Å². The minimum absolute atomic E-state index is 0.236. The zero-order valence-corrected chi connectivity index (χ0v) is 9.72. The van der Waals surface area contributed by atoms with Gasteiger partial charge in [0.1, 0.15) is 0 Å². The number of ether oxygens (including phenoxy) is 1. The highest BCUT2D eigenvalue weighted by atomic mass is 16.5. The van der Waals surface area contributed by atoms with Gasteiger partial charge in [-0.3, -0.25) is 4.68 Å². The Morgan fingerprint density at radius 1 is 1.50 bits per heavy atom. The average Bonchev–Trinajstić information content (AvgIpc) is 2.73. The molecule has 0 aromatic carbocycles.